The summed E-state index contributed by atoms with van der Waals surface area (Å²) < 4.78 is 13.4. The molecular weight excluding hydrogens is 807 g/mol. The molecule has 6 aromatic rings. The number of imidazole rings is 1. The first kappa shape index (κ1) is 55.8. The zero-order valence-electron chi connectivity index (χ0n) is 41.2. The molecule has 0 spiro atoms. The molecule has 15 nitrogen and oxygen atoms in total. The SMILES string of the molecule is CC1COC(C)OC1.CN1CCN(C)C1=O.Cc1ccc(C)nc1.Cc1cccnc1C.Cc1ccnc(C)c1.Cc1cnc(C)cn1.Cc1cnc(C)nc1.Cn1ccn(C)c1=O. The molecule has 0 aromatic carbocycles. The molecule has 8 heterocycles. The number of amides is 2. The molecule has 0 saturated carbocycles. The summed E-state index contributed by atoms with van der Waals surface area (Å²) in [5.41, 5.74) is 10.1. The number of hydrogen-bond acceptors (Lipinski definition) is 11. The second-order valence-electron chi connectivity index (χ2n) is 15.7. The van der Waals surface area contributed by atoms with Crippen molar-refractivity contribution in [2.24, 2.45) is 20.0 Å². The molecule has 0 bridgehead atoms. The molecule has 0 radical (unpaired) electrons. The van der Waals surface area contributed by atoms with Crippen LogP contribution in [-0.2, 0) is 23.6 Å². The van der Waals surface area contributed by atoms with E-state index in [0.29, 0.717) is 5.92 Å². The van der Waals surface area contributed by atoms with Gasteiger partial charge in [0.1, 0.15) is 5.82 Å². The highest BCUT2D eigenvalue weighted by Gasteiger charge is 2.20. The number of ether oxygens (including phenoxy) is 2. The predicted molar refractivity (Wildman–Crippen MR) is 256 cm³/mol. The Morgan fingerprint density at radius 3 is 1.34 bits per heavy atom. The quantitative estimate of drug-likeness (QED) is 0.146. The average molecular weight is 880 g/mol. The van der Waals surface area contributed by atoms with Gasteiger partial charge in [0, 0.05) is 120 Å². The van der Waals surface area contributed by atoms with Crippen LogP contribution in [0.25, 0.3) is 0 Å². The first-order valence-electron chi connectivity index (χ1n) is 21.2. The lowest BCUT2D eigenvalue weighted by atomic mass is 10.2. The van der Waals surface area contributed by atoms with E-state index in [2.05, 4.69) is 73.9 Å². The van der Waals surface area contributed by atoms with E-state index in [-0.39, 0.29) is 18.0 Å². The van der Waals surface area contributed by atoms with Crippen molar-refractivity contribution in [3.8, 4) is 0 Å². The van der Waals surface area contributed by atoms with Crippen LogP contribution in [0.15, 0.2) is 97.0 Å². The van der Waals surface area contributed by atoms with Gasteiger partial charge in [-0.1, -0.05) is 19.1 Å². The fourth-order valence-corrected chi connectivity index (χ4v) is 4.76. The maximum Gasteiger partial charge on any atom is 0.327 e. The Labute approximate surface area is 382 Å². The van der Waals surface area contributed by atoms with Crippen LogP contribution < -0.4 is 5.69 Å². The number of rotatable bonds is 0. The molecule has 0 aliphatic carbocycles. The molecule has 0 atom stereocenters. The van der Waals surface area contributed by atoms with Gasteiger partial charge in [-0.2, -0.15) is 0 Å². The fraction of sp³-hybridized carbons (Fsp3) is 0.449. The summed E-state index contributed by atoms with van der Waals surface area (Å²) in [6.45, 7) is 27.3. The zero-order chi connectivity index (χ0) is 48.2. The van der Waals surface area contributed by atoms with Gasteiger partial charge >= 0.3 is 11.7 Å². The number of aryl methyl sites for hydroxylation is 12. The van der Waals surface area contributed by atoms with E-state index in [1.54, 1.807) is 48.7 Å². The third-order valence-corrected chi connectivity index (χ3v) is 8.97. The topological polar surface area (TPSA) is 159 Å². The van der Waals surface area contributed by atoms with Crippen molar-refractivity contribution in [2.75, 3.05) is 40.4 Å². The number of carbonyl (C=O) groups is 1. The second kappa shape index (κ2) is 30.8. The summed E-state index contributed by atoms with van der Waals surface area (Å²) in [6.07, 6.45) is 16.1. The summed E-state index contributed by atoms with van der Waals surface area (Å²) in [6, 6.07) is 12.2. The Morgan fingerprint density at radius 1 is 0.531 bits per heavy atom. The van der Waals surface area contributed by atoms with E-state index in [1.165, 1.54) is 25.8 Å². The van der Waals surface area contributed by atoms with Crippen molar-refractivity contribution in [3.63, 3.8) is 0 Å². The number of likely N-dealkylation sites (N-methyl/N-ethyl adjacent to an activating group) is 2. The minimum Gasteiger partial charge on any atom is -0.353 e. The van der Waals surface area contributed by atoms with Crippen LogP contribution in [0.4, 0.5) is 4.79 Å². The Bertz CT molecular complexity index is 1970. The molecule has 2 amide bonds. The molecular formula is C49H73N11O4. The van der Waals surface area contributed by atoms with E-state index in [9.17, 15) is 9.59 Å². The van der Waals surface area contributed by atoms with E-state index in [1.807, 2.05) is 126 Å². The van der Waals surface area contributed by atoms with Crippen molar-refractivity contribution in [3.05, 3.63) is 159 Å². The summed E-state index contributed by atoms with van der Waals surface area (Å²) in [7, 11) is 7.07. The van der Waals surface area contributed by atoms with Crippen LogP contribution in [0.5, 0.6) is 0 Å². The van der Waals surface area contributed by atoms with Gasteiger partial charge in [0.2, 0.25) is 0 Å². The third-order valence-electron chi connectivity index (χ3n) is 8.97. The minimum atomic E-state index is 0.0185. The monoisotopic (exact) mass is 880 g/mol. The highest BCUT2D eigenvalue weighted by molar-refractivity contribution is 5.75. The van der Waals surface area contributed by atoms with Crippen LogP contribution >= 0.6 is 0 Å². The van der Waals surface area contributed by atoms with Crippen molar-refractivity contribution < 1.29 is 14.3 Å². The molecule has 6 aromatic heterocycles. The van der Waals surface area contributed by atoms with Crippen LogP contribution in [0.1, 0.15) is 70.4 Å². The van der Waals surface area contributed by atoms with Crippen molar-refractivity contribution in [2.45, 2.75) is 89.4 Å². The molecule has 15 heteroatoms. The van der Waals surface area contributed by atoms with Gasteiger partial charge in [-0.15, -0.1) is 0 Å². The lowest BCUT2D eigenvalue weighted by molar-refractivity contribution is -0.187. The fourth-order valence-electron chi connectivity index (χ4n) is 4.76. The summed E-state index contributed by atoms with van der Waals surface area (Å²) >= 11 is 0. The second-order valence-corrected chi connectivity index (χ2v) is 15.7. The van der Waals surface area contributed by atoms with E-state index in [0.717, 1.165) is 66.2 Å². The molecule has 2 saturated heterocycles. The molecule has 348 valence electrons. The zero-order valence-corrected chi connectivity index (χ0v) is 41.2. The minimum absolute atomic E-state index is 0.0185. The summed E-state index contributed by atoms with van der Waals surface area (Å²) in [4.78, 5) is 53.0. The lowest BCUT2D eigenvalue weighted by Gasteiger charge is -2.24. The Morgan fingerprint density at radius 2 is 1.05 bits per heavy atom. The van der Waals surface area contributed by atoms with Gasteiger partial charge in [0.25, 0.3) is 0 Å². The Hall–Kier alpha value is -6.19. The van der Waals surface area contributed by atoms with Crippen molar-refractivity contribution in [1.82, 2.24) is 53.8 Å². The van der Waals surface area contributed by atoms with Gasteiger partial charge in [-0.3, -0.25) is 24.9 Å². The predicted octanol–water partition coefficient (Wildman–Crippen LogP) is 8.00. The van der Waals surface area contributed by atoms with Gasteiger partial charge < -0.3 is 28.4 Å². The average Bonchev–Trinajstić information content (AvgIpc) is 3.73. The highest BCUT2D eigenvalue weighted by atomic mass is 16.7. The van der Waals surface area contributed by atoms with Crippen molar-refractivity contribution in [1.29, 1.82) is 0 Å². The molecule has 0 unspecified atom stereocenters. The van der Waals surface area contributed by atoms with Gasteiger partial charge in [-0.05, 0) is 123 Å². The first-order chi connectivity index (χ1) is 30.2. The van der Waals surface area contributed by atoms with E-state index < -0.39 is 0 Å². The number of carbonyl (C=O) groups excluding carboxylic acids is 1. The number of pyridine rings is 3. The Balaban J connectivity index is 0.000000366. The molecule has 2 fully saturated rings. The molecule has 2 aliphatic rings. The number of urea groups is 1. The van der Waals surface area contributed by atoms with Gasteiger partial charge in [0.15, 0.2) is 6.29 Å². The number of aromatic nitrogens is 9. The first-order valence-corrected chi connectivity index (χ1v) is 21.2. The molecule has 2 aliphatic heterocycles. The molecule has 8 rings (SSSR count). The third kappa shape index (κ3) is 25.7. The normalized spacial score (nSPS) is 14.5. The van der Waals surface area contributed by atoms with Crippen LogP contribution in [0.2, 0.25) is 0 Å². The van der Waals surface area contributed by atoms with Crippen LogP contribution in [0, 0.1) is 75.2 Å². The van der Waals surface area contributed by atoms with Gasteiger partial charge in [-0.25, -0.2) is 19.6 Å². The summed E-state index contributed by atoms with van der Waals surface area (Å²) in [5, 5.41) is 0. The highest BCUT2D eigenvalue weighted by Crippen LogP contribution is 2.08. The number of hydrogen-bond donors (Lipinski definition) is 0. The number of nitrogens with zero attached hydrogens (tertiary/aromatic N) is 11. The van der Waals surface area contributed by atoms with E-state index >= 15 is 0 Å². The lowest BCUT2D eigenvalue weighted by Crippen LogP contribution is -2.27. The van der Waals surface area contributed by atoms with Crippen LogP contribution in [-0.4, -0.2) is 107 Å². The molecule has 64 heavy (non-hydrogen) atoms. The standard InChI is InChI=1S/3C7H9N.2C6H8N2.C6H12O2.C5H10N2O.C5H8N2O/c1-6-3-4-8-7(2)5-6;1-6-3-4-7(2)8-5-6;1-6-4-3-5-8-7(6)2;1-5-3-8-6(2)4-7-5;2*1-5-3-7-6(2)8-4-5;2*1-6-3-4-7(2)5(6)8/h3*3-5H,1-2H3;2*3-4H,1-2H3;5-6H,3-4H2,1-2H3;3-4H2,1-2H3;3-4H,1-2H3. The maximum absolute atomic E-state index is 10.8. The van der Waals surface area contributed by atoms with Crippen molar-refractivity contribution >= 4 is 6.03 Å². The summed E-state index contributed by atoms with van der Waals surface area (Å²) in [5.74, 6) is 1.40. The maximum atomic E-state index is 10.8. The van der Waals surface area contributed by atoms with E-state index in [4.69, 9.17) is 9.47 Å². The van der Waals surface area contributed by atoms with Gasteiger partial charge in [0.05, 0.1) is 24.6 Å². The van der Waals surface area contributed by atoms with Crippen LogP contribution in [0.3, 0.4) is 0 Å². The molecule has 0 N–H and O–H groups in total. The largest absolute Gasteiger partial charge is 0.353 e. The smallest absolute Gasteiger partial charge is 0.327 e. The Kier molecular flexibility index (Phi) is 26.9.